The molecule has 0 fully saturated rings. The summed E-state index contributed by atoms with van der Waals surface area (Å²) in [5.74, 6) is -1.08. The standard InChI is InChI=1S/C24H27FN2O/c1-23(2,3)16-24(4,15-17-10-6-5-7-11-17)27-22(28)21-19(25)14-18-12-8-9-13-20(18)26-21/h5-14H,15-16H2,1-4H3,(H,27,28). The van der Waals surface area contributed by atoms with Gasteiger partial charge in [-0.2, -0.15) is 0 Å². The zero-order valence-corrected chi connectivity index (χ0v) is 16.9. The number of hydrogen-bond donors (Lipinski definition) is 1. The Morgan fingerprint density at radius 1 is 1.00 bits per heavy atom. The Morgan fingerprint density at radius 2 is 1.64 bits per heavy atom. The quantitative estimate of drug-likeness (QED) is 0.633. The van der Waals surface area contributed by atoms with E-state index in [9.17, 15) is 9.18 Å². The molecule has 3 aromatic rings. The molecule has 3 rings (SSSR count). The van der Waals surface area contributed by atoms with Crippen molar-refractivity contribution in [1.82, 2.24) is 10.3 Å². The zero-order valence-electron chi connectivity index (χ0n) is 16.9. The Balaban J connectivity index is 1.91. The number of rotatable bonds is 5. The lowest BCUT2D eigenvalue weighted by Gasteiger charge is -2.37. The third-order valence-corrected chi connectivity index (χ3v) is 4.67. The molecule has 1 amide bonds. The number of amides is 1. The van der Waals surface area contributed by atoms with Gasteiger partial charge in [-0.05, 0) is 42.9 Å². The van der Waals surface area contributed by atoms with Crippen molar-refractivity contribution in [1.29, 1.82) is 0 Å². The van der Waals surface area contributed by atoms with E-state index in [4.69, 9.17) is 0 Å². The van der Waals surface area contributed by atoms with Crippen LogP contribution < -0.4 is 5.32 Å². The van der Waals surface area contributed by atoms with Crippen molar-refractivity contribution in [2.75, 3.05) is 0 Å². The average molecular weight is 378 g/mol. The molecule has 4 heteroatoms. The van der Waals surface area contributed by atoms with Crippen molar-refractivity contribution in [2.45, 2.75) is 46.1 Å². The summed E-state index contributed by atoms with van der Waals surface area (Å²) in [4.78, 5) is 17.3. The first-order chi connectivity index (χ1) is 13.2. The molecule has 1 N–H and O–H groups in total. The van der Waals surface area contributed by atoms with Crippen LogP contribution in [0.15, 0.2) is 60.7 Å². The minimum Gasteiger partial charge on any atom is -0.345 e. The molecule has 2 aromatic carbocycles. The Morgan fingerprint density at radius 3 is 2.32 bits per heavy atom. The Labute approximate surface area is 166 Å². The van der Waals surface area contributed by atoms with Crippen LogP contribution in [0.4, 0.5) is 4.39 Å². The maximum absolute atomic E-state index is 14.6. The minimum atomic E-state index is -0.603. The summed E-state index contributed by atoms with van der Waals surface area (Å²) in [5.41, 5.74) is 1.03. The molecule has 0 aliphatic rings. The molecular formula is C24H27FN2O. The van der Waals surface area contributed by atoms with Crippen molar-refractivity contribution in [3.63, 3.8) is 0 Å². The number of nitrogens with zero attached hydrogens (tertiary/aromatic N) is 1. The van der Waals surface area contributed by atoms with Gasteiger partial charge in [-0.15, -0.1) is 0 Å². The third-order valence-electron chi connectivity index (χ3n) is 4.67. The number of benzene rings is 2. The second-order valence-electron chi connectivity index (χ2n) is 8.93. The molecule has 0 saturated heterocycles. The van der Waals surface area contributed by atoms with E-state index >= 15 is 0 Å². The van der Waals surface area contributed by atoms with Gasteiger partial charge in [0.1, 0.15) is 0 Å². The molecule has 3 nitrogen and oxygen atoms in total. The van der Waals surface area contributed by atoms with Crippen molar-refractivity contribution < 1.29 is 9.18 Å². The van der Waals surface area contributed by atoms with Crippen LogP contribution in [-0.2, 0) is 6.42 Å². The molecule has 0 aliphatic heterocycles. The van der Waals surface area contributed by atoms with E-state index in [-0.39, 0.29) is 11.1 Å². The number of nitrogens with one attached hydrogen (secondary N) is 1. The van der Waals surface area contributed by atoms with Gasteiger partial charge in [-0.25, -0.2) is 9.37 Å². The van der Waals surface area contributed by atoms with E-state index in [1.165, 1.54) is 6.07 Å². The number of carbonyl (C=O) groups is 1. The lowest BCUT2D eigenvalue weighted by Crippen LogP contribution is -2.50. The zero-order chi connectivity index (χ0) is 20.4. The highest BCUT2D eigenvalue weighted by atomic mass is 19.1. The highest BCUT2D eigenvalue weighted by Gasteiger charge is 2.33. The molecule has 0 aliphatic carbocycles. The van der Waals surface area contributed by atoms with Gasteiger partial charge in [0.15, 0.2) is 11.5 Å². The van der Waals surface area contributed by atoms with Crippen LogP contribution in [-0.4, -0.2) is 16.4 Å². The highest BCUT2D eigenvalue weighted by molar-refractivity contribution is 5.95. The molecule has 28 heavy (non-hydrogen) atoms. The van der Waals surface area contributed by atoms with Crippen LogP contribution in [0.5, 0.6) is 0 Å². The Hall–Kier alpha value is -2.75. The summed E-state index contributed by atoms with van der Waals surface area (Å²) in [7, 11) is 0. The molecule has 1 aromatic heterocycles. The number of aromatic nitrogens is 1. The van der Waals surface area contributed by atoms with Gasteiger partial charge in [0.2, 0.25) is 0 Å². The second kappa shape index (κ2) is 7.70. The number of halogens is 1. The van der Waals surface area contributed by atoms with E-state index in [0.717, 1.165) is 12.0 Å². The number of hydrogen-bond acceptors (Lipinski definition) is 2. The predicted octanol–water partition coefficient (Wildman–Crippen LogP) is 5.54. The molecule has 1 heterocycles. The van der Waals surface area contributed by atoms with Gasteiger partial charge in [0.05, 0.1) is 5.52 Å². The molecule has 1 unspecified atom stereocenters. The maximum atomic E-state index is 14.6. The van der Waals surface area contributed by atoms with Crippen molar-refractivity contribution >= 4 is 16.8 Å². The van der Waals surface area contributed by atoms with Crippen LogP contribution in [0.1, 0.15) is 50.2 Å². The third kappa shape index (κ3) is 4.94. The fourth-order valence-corrected chi connectivity index (χ4v) is 3.95. The van der Waals surface area contributed by atoms with Crippen LogP contribution in [0.2, 0.25) is 0 Å². The Kier molecular flexibility index (Phi) is 5.50. The van der Waals surface area contributed by atoms with E-state index in [2.05, 4.69) is 31.1 Å². The van der Waals surface area contributed by atoms with E-state index in [1.54, 1.807) is 12.1 Å². The van der Waals surface area contributed by atoms with Crippen LogP contribution in [0, 0.1) is 11.2 Å². The minimum absolute atomic E-state index is 0.00777. The lowest BCUT2D eigenvalue weighted by atomic mass is 9.77. The number of pyridine rings is 1. The van der Waals surface area contributed by atoms with Crippen molar-refractivity contribution in [3.05, 3.63) is 77.7 Å². The summed E-state index contributed by atoms with van der Waals surface area (Å²) in [6.07, 6.45) is 1.40. The summed E-state index contributed by atoms with van der Waals surface area (Å²) >= 11 is 0. The van der Waals surface area contributed by atoms with Gasteiger partial charge in [-0.1, -0.05) is 69.3 Å². The molecule has 0 spiro atoms. The van der Waals surface area contributed by atoms with Gasteiger partial charge < -0.3 is 5.32 Å². The topological polar surface area (TPSA) is 42.0 Å². The fourth-order valence-electron chi connectivity index (χ4n) is 3.95. The second-order valence-corrected chi connectivity index (χ2v) is 8.93. The smallest absolute Gasteiger partial charge is 0.273 e. The average Bonchev–Trinajstić information content (AvgIpc) is 2.59. The first-order valence-corrected chi connectivity index (χ1v) is 9.57. The Bertz CT molecular complexity index is 979. The SMILES string of the molecule is CC(C)(C)CC(C)(Cc1ccccc1)NC(=O)c1nc2ccccc2cc1F. The van der Waals surface area contributed by atoms with Gasteiger partial charge >= 0.3 is 0 Å². The maximum Gasteiger partial charge on any atom is 0.273 e. The largest absolute Gasteiger partial charge is 0.345 e. The van der Waals surface area contributed by atoms with Crippen molar-refractivity contribution in [3.8, 4) is 0 Å². The number of fused-ring (bicyclic) bond motifs is 1. The first kappa shape index (κ1) is 20.0. The predicted molar refractivity (Wildman–Crippen MR) is 112 cm³/mol. The van der Waals surface area contributed by atoms with Crippen molar-refractivity contribution in [2.24, 2.45) is 5.41 Å². The first-order valence-electron chi connectivity index (χ1n) is 9.57. The van der Waals surface area contributed by atoms with E-state index in [0.29, 0.717) is 17.3 Å². The van der Waals surface area contributed by atoms with Gasteiger partial charge in [0, 0.05) is 10.9 Å². The molecule has 0 bridgehead atoms. The molecular weight excluding hydrogens is 351 g/mol. The van der Waals surface area contributed by atoms with Gasteiger partial charge in [-0.3, -0.25) is 4.79 Å². The summed E-state index contributed by atoms with van der Waals surface area (Å²) in [5, 5.41) is 3.76. The van der Waals surface area contributed by atoms with E-state index in [1.807, 2.05) is 49.4 Å². The summed E-state index contributed by atoms with van der Waals surface area (Å²) < 4.78 is 14.6. The highest BCUT2D eigenvalue weighted by Crippen LogP contribution is 2.30. The van der Waals surface area contributed by atoms with Crippen LogP contribution >= 0.6 is 0 Å². The number of para-hydroxylation sites is 1. The van der Waals surface area contributed by atoms with Gasteiger partial charge in [0.25, 0.3) is 5.91 Å². The number of carbonyl (C=O) groups excluding carboxylic acids is 1. The molecule has 146 valence electrons. The van der Waals surface area contributed by atoms with Crippen LogP contribution in [0.25, 0.3) is 10.9 Å². The normalized spacial score (nSPS) is 13.9. The molecule has 0 radical (unpaired) electrons. The summed E-state index contributed by atoms with van der Waals surface area (Å²) in [6.45, 7) is 8.42. The fraction of sp³-hybridized carbons (Fsp3) is 0.333. The summed E-state index contributed by atoms with van der Waals surface area (Å²) in [6, 6.07) is 18.6. The van der Waals surface area contributed by atoms with E-state index < -0.39 is 17.3 Å². The molecule has 1 atom stereocenters. The molecule has 0 saturated carbocycles. The van der Waals surface area contributed by atoms with Crippen LogP contribution in [0.3, 0.4) is 0 Å². The lowest BCUT2D eigenvalue weighted by molar-refractivity contribution is 0.0869. The monoisotopic (exact) mass is 378 g/mol.